The molecule has 180 valence electrons. The van der Waals surface area contributed by atoms with Crippen LogP contribution in [0.2, 0.25) is 0 Å². The lowest BCUT2D eigenvalue weighted by molar-refractivity contribution is -0.482. The Morgan fingerprint density at radius 3 is 1.90 bits per heavy atom. The van der Waals surface area contributed by atoms with Gasteiger partial charge in [-0.15, -0.1) is 0 Å². The first-order valence-corrected chi connectivity index (χ1v) is 7.93. The number of rotatable bonds is 4. The topological polar surface area (TPSA) is 61.8 Å². The highest BCUT2D eigenvalue weighted by molar-refractivity contribution is 5.87. The zero-order valence-corrected chi connectivity index (χ0v) is 15.3. The summed E-state index contributed by atoms with van der Waals surface area (Å²) in [5, 5.41) is 0. The van der Waals surface area contributed by atoms with E-state index < -0.39 is 72.3 Å². The van der Waals surface area contributed by atoms with Crippen LogP contribution in [0.25, 0.3) is 0 Å². The molecule has 4 unspecified atom stereocenters. The van der Waals surface area contributed by atoms with E-state index in [0.717, 1.165) is 6.92 Å². The molecule has 0 bridgehead atoms. The van der Waals surface area contributed by atoms with Gasteiger partial charge in [-0.3, -0.25) is 4.79 Å². The van der Waals surface area contributed by atoms with E-state index in [4.69, 9.17) is 0 Å². The smallest absolute Gasteiger partial charge is 0.452 e. The van der Waals surface area contributed by atoms with Crippen LogP contribution in [-0.4, -0.2) is 54.4 Å². The molecule has 0 N–H and O–H groups in total. The first-order chi connectivity index (χ1) is 13.6. The highest BCUT2D eigenvalue weighted by Crippen LogP contribution is 2.55. The summed E-state index contributed by atoms with van der Waals surface area (Å²) in [5.41, 5.74) is -0.703. The summed E-state index contributed by atoms with van der Waals surface area (Å²) >= 11 is 0. The number of esters is 2. The van der Waals surface area contributed by atoms with Crippen LogP contribution in [0.3, 0.4) is 0 Å². The number of carbonyl (C=O) groups is 2. The van der Waals surface area contributed by atoms with Gasteiger partial charge in [0.15, 0.2) is 12.2 Å². The second-order valence-electron chi connectivity index (χ2n) is 6.48. The van der Waals surface area contributed by atoms with E-state index in [-0.39, 0.29) is 6.92 Å². The molecule has 0 saturated carbocycles. The van der Waals surface area contributed by atoms with E-state index in [1.165, 1.54) is 0 Å². The summed E-state index contributed by atoms with van der Waals surface area (Å²) < 4.78 is 158. The zero-order chi connectivity index (χ0) is 24.8. The number of hydrogen-bond acceptors (Lipinski definition) is 5. The molecule has 1 saturated heterocycles. The minimum absolute atomic E-state index is 0.0762. The molecule has 5 nitrogen and oxygen atoms in total. The lowest BCUT2D eigenvalue weighted by atomic mass is 9.92. The van der Waals surface area contributed by atoms with E-state index in [2.05, 4.69) is 20.8 Å². The van der Waals surface area contributed by atoms with Crippen LogP contribution < -0.4 is 0 Å². The lowest BCUT2D eigenvalue weighted by Crippen LogP contribution is -2.73. The van der Waals surface area contributed by atoms with Gasteiger partial charge in [0.1, 0.15) is 5.92 Å². The molecule has 1 fully saturated rings. The van der Waals surface area contributed by atoms with Gasteiger partial charge in [-0.25, -0.2) is 4.79 Å². The number of alkyl halides is 11. The van der Waals surface area contributed by atoms with Crippen molar-refractivity contribution >= 4 is 11.9 Å². The Hall–Kier alpha value is -2.13. The summed E-state index contributed by atoms with van der Waals surface area (Å²) in [6.45, 7) is 3.66. The molecule has 4 atom stereocenters. The van der Waals surface area contributed by atoms with Gasteiger partial charge in [-0.05, 0) is 13.8 Å². The van der Waals surface area contributed by atoms with Gasteiger partial charge in [-0.1, -0.05) is 6.58 Å². The van der Waals surface area contributed by atoms with Crippen LogP contribution in [0.15, 0.2) is 12.2 Å². The van der Waals surface area contributed by atoms with Crippen molar-refractivity contribution in [2.75, 3.05) is 0 Å². The molecule has 0 aromatic carbocycles. The SMILES string of the molecule is C=C(C)C(=O)OC1CC(C(F)(F)F)OC(OC(=O)C(C)C(F)(F)F)(C(F)(F)F)C1(F)F. The minimum atomic E-state index is -6.70. The first-order valence-electron chi connectivity index (χ1n) is 7.93. The monoisotopic (exact) mass is 482 g/mol. The van der Waals surface area contributed by atoms with E-state index in [1.54, 1.807) is 0 Å². The van der Waals surface area contributed by atoms with Crippen molar-refractivity contribution in [1.82, 2.24) is 0 Å². The van der Waals surface area contributed by atoms with Crippen LogP contribution in [0.5, 0.6) is 0 Å². The molecule has 1 heterocycles. The zero-order valence-electron chi connectivity index (χ0n) is 15.3. The van der Waals surface area contributed by atoms with Crippen molar-refractivity contribution in [1.29, 1.82) is 0 Å². The van der Waals surface area contributed by atoms with Gasteiger partial charge >= 0.3 is 42.2 Å². The number of halogens is 11. The summed E-state index contributed by atoms with van der Waals surface area (Å²) in [7, 11) is 0. The Morgan fingerprint density at radius 1 is 1.06 bits per heavy atom. The molecule has 0 aromatic heterocycles. The third-order valence-electron chi connectivity index (χ3n) is 4.00. The second kappa shape index (κ2) is 8.09. The van der Waals surface area contributed by atoms with Crippen molar-refractivity contribution < 1.29 is 72.1 Å². The van der Waals surface area contributed by atoms with Crippen LogP contribution in [0.1, 0.15) is 20.3 Å². The quantitative estimate of drug-likeness (QED) is 0.337. The molecule has 31 heavy (non-hydrogen) atoms. The molecule has 0 spiro atoms. The van der Waals surface area contributed by atoms with Crippen LogP contribution in [0, 0.1) is 5.92 Å². The predicted molar refractivity (Wildman–Crippen MR) is 75.3 cm³/mol. The van der Waals surface area contributed by atoms with Gasteiger partial charge in [-0.2, -0.15) is 48.3 Å². The Bertz CT molecular complexity index is 724. The molecule has 16 heteroatoms. The molecule has 0 amide bonds. The Balaban J connectivity index is 3.64. The van der Waals surface area contributed by atoms with Gasteiger partial charge in [0.2, 0.25) is 0 Å². The molecule has 0 aromatic rings. The Labute approximate surface area is 166 Å². The van der Waals surface area contributed by atoms with E-state index in [0.29, 0.717) is 0 Å². The molecule has 1 aliphatic heterocycles. The van der Waals surface area contributed by atoms with Gasteiger partial charge in [0.05, 0.1) is 0 Å². The fraction of sp³-hybridized carbons (Fsp3) is 0.733. The second-order valence-corrected chi connectivity index (χ2v) is 6.48. The maximum atomic E-state index is 14.7. The third-order valence-corrected chi connectivity index (χ3v) is 4.00. The lowest BCUT2D eigenvalue weighted by Gasteiger charge is -2.48. The highest BCUT2D eigenvalue weighted by Gasteiger charge is 2.82. The summed E-state index contributed by atoms with van der Waals surface area (Å²) in [6.07, 6.45) is -27.5. The first kappa shape index (κ1) is 26.9. The Morgan fingerprint density at radius 2 is 1.55 bits per heavy atom. The van der Waals surface area contributed by atoms with Crippen molar-refractivity contribution in [3.63, 3.8) is 0 Å². The standard InChI is InChI=1S/C15H13F11O5/c1-5(2)9(27)29-7-4-8(13(21,22)23)30-14(11(7,16)17,15(24,25)26)31-10(28)6(3)12(18,19)20/h6-8H,1,4H2,2-3H3. The molecule has 1 aliphatic rings. The highest BCUT2D eigenvalue weighted by atomic mass is 19.4. The van der Waals surface area contributed by atoms with Crippen molar-refractivity contribution in [3.05, 3.63) is 12.2 Å². The van der Waals surface area contributed by atoms with Gasteiger partial charge in [0.25, 0.3) is 0 Å². The summed E-state index contributed by atoms with van der Waals surface area (Å²) in [5.74, 6) is -19.9. The van der Waals surface area contributed by atoms with Gasteiger partial charge < -0.3 is 14.2 Å². The van der Waals surface area contributed by atoms with Crippen molar-refractivity contribution in [3.8, 4) is 0 Å². The third kappa shape index (κ3) is 5.20. The van der Waals surface area contributed by atoms with E-state index in [1.807, 2.05) is 0 Å². The maximum absolute atomic E-state index is 14.7. The molecular weight excluding hydrogens is 469 g/mol. The molecule has 1 rings (SSSR count). The van der Waals surface area contributed by atoms with Crippen LogP contribution in [0.4, 0.5) is 48.3 Å². The van der Waals surface area contributed by atoms with Gasteiger partial charge in [0, 0.05) is 12.0 Å². The summed E-state index contributed by atoms with van der Waals surface area (Å²) in [6, 6.07) is 0. The van der Waals surface area contributed by atoms with E-state index in [9.17, 15) is 57.9 Å². The average molecular weight is 482 g/mol. The minimum Gasteiger partial charge on any atom is -0.452 e. The molecule has 0 radical (unpaired) electrons. The van der Waals surface area contributed by atoms with Crippen LogP contribution in [-0.2, 0) is 23.8 Å². The number of carbonyl (C=O) groups excluding carboxylic acids is 2. The Kier molecular flexibility index (Phi) is 7.02. The summed E-state index contributed by atoms with van der Waals surface area (Å²) in [4.78, 5) is 23.0. The normalized spacial score (nSPS) is 27.9. The van der Waals surface area contributed by atoms with Crippen LogP contribution >= 0.6 is 0 Å². The maximum Gasteiger partial charge on any atom is 0.462 e. The predicted octanol–water partition coefficient (Wildman–Crippen LogP) is 4.46. The average Bonchev–Trinajstić information content (AvgIpc) is 2.54. The number of hydrogen-bond donors (Lipinski definition) is 0. The van der Waals surface area contributed by atoms with Crippen molar-refractivity contribution in [2.24, 2.45) is 5.92 Å². The molecule has 0 aliphatic carbocycles. The number of ether oxygens (including phenoxy) is 3. The van der Waals surface area contributed by atoms with E-state index >= 15 is 0 Å². The fourth-order valence-electron chi connectivity index (χ4n) is 2.20. The largest absolute Gasteiger partial charge is 0.462 e. The van der Waals surface area contributed by atoms with Crippen molar-refractivity contribution in [2.45, 2.75) is 62.7 Å². The molecular formula is C15H13F11O5. The fourth-order valence-corrected chi connectivity index (χ4v) is 2.20.